The number of hydrogen-bond donors (Lipinski definition) is 4. The van der Waals surface area contributed by atoms with E-state index in [4.69, 9.17) is 28.8 Å². The van der Waals surface area contributed by atoms with E-state index < -0.39 is 82.3 Å². The lowest BCUT2D eigenvalue weighted by molar-refractivity contribution is -0.344. The van der Waals surface area contributed by atoms with Gasteiger partial charge in [0.15, 0.2) is 17.5 Å². The van der Waals surface area contributed by atoms with Crippen molar-refractivity contribution in [3.05, 3.63) is 47.0 Å². The van der Waals surface area contributed by atoms with Crippen LogP contribution in [0.2, 0.25) is 0 Å². The van der Waals surface area contributed by atoms with Crippen LogP contribution in [-0.4, -0.2) is 107 Å². The van der Waals surface area contributed by atoms with Crippen molar-refractivity contribution in [1.82, 2.24) is 0 Å². The number of carbonyl (C=O) groups excluding carboxylic acids is 4. The summed E-state index contributed by atoms with van der Waals surface area (Å²) in [6.07, 6.45) is -8.69. The van der Waals surface area contributed by atoms with Gasteiger partial charge in [-0.15, -0.1) is 0 Å². The van der Waals surface area contributed by atoms with E-state index in [-0.39, 0.29) is 30.6 Å². The summed E-state index contributed by atoms with van der Waals surface area (Å²) >= 11 is 0. The second kappa shape index (κ2) is 12.1. The van der Waals surface area contributed by atoms with E-state index in [1.807, 2.05) is 0 Å². The number of aliphatic hydroxyl groups excluding tert-OH is 3. The maximum atomic E-state index is 14.8. The Morgan fingerprint density at radius 3 is 2.18 bits per heavy atom. The van der Waals surface area contributed by atoms with Gasteiger partial charge in [0.25, 0.3) is 0 Å². The predicted octanol–water partition coefficient (Wildman–Crippen LogP) is 1.48. The van der Waals surface area contributed by atoms with Crippen molar-refractivity contribution in [3.63, 3.8) is 0 Å². The molecule has 1 saturated heterocycles. The normalized spacial score (nSPS) is 38.0. The van der Waals surface area contributed by atoms with Crippen molar-refractivity contribution in [1.29, 1.82) is 0 Å². The highest BCUT2D eigenvalue weighted by Gasteiger charge is 2.78. The van der Waals surface area contributed by atoms with Gasteiger partial charge in [-0.3, -0.25) is 9.59 Å². The lowest BCUT2D eigenvalue weighted by Gasteiger charge is -2.67. The van der Waals surface area contributed by atoms with E-state index in [2.05, 4.69) is 0 Å². The fraction of sp³-hybridized carbons (Fsp3) is 0.625. The Labute approximate surface area is 261 Å². The smallest absolute Gasteiger partial charge is 0.455 e. The average molecular weight is 635 g/mol. The standard InChI is InChI=1S/C31H38O12.CH4O/c1-15-18(33)13-31(38)25(42-26(36)17-10-8-7-9-11-17)23-29(5,24(35)22(41-16(2)32)21(15)28(31,3)4)19(34)12-20-30(23,14-40-20)43-27(37)39-6;1-2/h7-11,18-20,22-23,25,33-34,38H,12-14H2,1-6H3;2H,1H3/t18-,19-,20+,22+,23?,25-,29+,30-,31+;/m0./s1. The monoisotopic (exact) mass is 634 g/mol. The van der Waals surface area contributed by atoms with Crippen LogP contribution in [-0.2, 0) is 33.3 Å². The van der Waals surface area contributed by atoms with E-state index in [9.17, 15) is 34.5 Å². The van der Waals surface area contributed by atoms with E-state index >= 15 is 0 Å². The molecule has 0 amide bonds. The van der Waals surface area contributed by atoms with E-state index in [0.29, 0.717) is 5.57 Å². The molecule has 1 aromatic rings. The van der Waals surface area contributed by atoms with Crippen LogP contribution >= 0.6 is 0 Å². The van der Waals surface area contributed by atoms with Crippen molar-refractivity contribution in [2.24, 2.45) is 16.7 Å². The Morgan fingerprint density at radius 1 is 1.02 bits per heavy atom. The van der Waals surface area contributed by atoms with E-state index in [0.717, 1.165) is 21.1 Å². The Balaban J connectivity index is 0.00000226. The lowest BCUT2D eigenvalue weighted by Crippen LogP contribution is -2.82. The zero-order valence-electron chi connectivity index (χ0n) is 26.4. The molecular weight excluding hydrogens is 592 g/mol. The summed E-state index contributed by atoms with van der Waals surface area (Å²) in [5.41, 5.74) is -6.69. The number of carbonyl (C=O) groups is 4. The van der Waals surface area contributed by atoms with Gasteiger partial charge in [-0.1, -0.05) is 32.0 Å². The molecule has 13 nitrogen and oxygen atoms in total. The molecule has 248 valence electrons. The molecule has 45 heavy (non-hydrogen) atoms. The molecule has 1 heterocycles. The van der Waals surface area contributed by atoms with Crippen LogP contribution in [0.5, 0.6) is 0 Å². The average Bonchev–Trinajstić information content (AvgIpc) is 3.00. The van der Waals surface area contributed by atoms with E-state index in [1.165, 1.54) is 19.1 Å². The quantitative estimate of drug-likeness (QED) is 0.211. The molecule has 13 heteroatoms. The van der Waals surface area contributed by atoms with Crippen LogP contribution in [0.15, 0.2) is 41.5 Å². The molecule has 1 aromatic carbocycles. The number of ether oxygens (including phenoxy) is 5. The third-order valence-electron chi connectivity index (χ3n) is 10.3. The Morgan fingerprint density at radius 2 is 1.64 bits per heavy atom. The number of rotatable bonds is 4. The van der Waals surface area contributed by atoms with Gasteiger partial charge in [-0.2, -0.15) is 0 Å². The molecule has 0 aromatic heterocycles. The molecule has 0 radical (unpaired) electrons. The summed E-state index contributed by atoms with van der Waals surface area (Å²) in [6.45, 7) is 7.06. The molecule has 2 bridgehead atoms. The number of methoxy groups -OCH3 is 1. The second-order valence-electron chi connectivity index (χ2n) is 12.7. The number of benzene rings is 1. The molecular formula is C32H42O13. The first-order chi connectivity index (χ1) is 21.1. The van der Waals surface area contributed by atoms with Gasteiger partial charge in [0, 0.05) is 32.3 Å². The number of aliphatic hydroxyl groups is 4. The zero-order chi connectivity index (χ0) is 33.7. The third-order valence-corrected chi connectivity index (χ3v) is 10.3. The largest absolute Gasteiger partial charge is 0.508 e. The molecule has 1 unspecified atom stereocenters. The molecule has 9 atom stereocenters. The first-order valence-electron chi connectivity index (χ1n) is 14.7. The predicted molar refractivity (Wildman–Crippen MR) is 155 cm³/mol. The third kappa shape index (κ3) is 5.05. The van der Waals surface area contributed by atoms with Gasteiger partial charge in [0.05, 0.1) is 42.8 Å². The van der Waals surface area contributed by atoms with Gasteiger partial charge in [-0.25, -0.2) is 9.59 Å². The minimum Gasteiger partial charge on any atom is -0.455 e. The molecule has 1 aliphatic heterocycles. The highest BCUT2D eigenvalue weighted by atomic mass is 16.8. The summed E-state index contributed by atoms with van der Waals surface area (Å²) in [4.78, 5) is 53.7. The topological polar surface area (TPSA) is 195 Å². The highest BCUT2D eigenvalue weighted by Crippen LogP contribution is 2.64. The number of Topliss-reactive ketones (excluding diaryl/α,β-unsaturated/α-hetero) is 1. The fourth-order valence-electron chi connectivity index (χ4n) is 7.83. The second-order valence-corrected chi connectivity index (χ2v) is 12.7. The number of hydrogen-bond acceptors (Lipinski definition) is 13. The van der Waals surface area contributed by atoms with Crippen molar-refractivity contribution in [2.75, 3.05) is 20.8 Å². The number of esters is 2. The molecule has 2 saturated carbocycles. The fourth-order valence-corrected chi connectivity index (χ4v) is 7.83. The summed E-state index contributed by atoms with van der Waals surface area (Å²) in [5, 5.41) is 42.9. The van der Waals surface area contributed by atoms with Crippen LogP contribution < -0.4 is 0 Å². The van der Waals surface area contributed by atoms with Crippen LogP contribution in [0.4, 0.5) is 4.79 Å². The summed E-state index contributed by atoms with van der Waals surface area (Å²) in [7, 11) is 2.10. The van der Waals surface area contributed by atoms with E-state index in [1.54, 1.807) is 39.0 Å². The highest BCUT2D eigenvalue weighted by molar-refractivity contribution is 5.95. The molecule has 3 fully saturated rings. The first kappa shape index (κ1) is 34.5. The van der Waals surface area contributed by atoms with Crippen LogP contribution in [0.3, 0.4) is 0 Å². The maximum absolute atomic E-state index is 14.8. The molecule has 5 rings (SSSR count). The SMILES string of the molecule is CO.COC(=O)O[C@@]12CO[C@@H]1C[C@H](O)[C@@]1(C)C(=O)[C@H](OC(C)=O)C3=C(C)[C@@H](O)C[C@@](O)([C@@H](OC(=O)c4ccccc4)C12)C3(C)C. The van der Waals surface area contributed by atoms with Crippen molar-refractivity contribution < 1.29 is 63.3 Å². The van der Waals surface area contributed by atoms with Gasteiger partial charge in [0.2, 0.25) is 0 Å². The molecule has 4 N–H and O–H groups in total. The summed E-state index contributed by atoms with van der Waals surface area (Å²) in [6, 6.07) is 7.98. The van der Waals surface area contributed by atoms with Crippen molar-refractivity contribution in [2.45, 2.75) is 89.2 Å². The summed E-state index contributed by atoms with van der Waals surface area (Å²) in [5.74, 6) is -3.87. The summed E-state index contributed by atoms with van der Waals surface area (Å²) < 4.78 is 28.2. The zero-order valence-corrected chi connectivity index (χ0v) is 26.4. The Bertz CT molecular complexity index is 1370. The maximum Gasteiger partial charge on any atom is 0.508 e. The minimum absolute atomic E-state index is 0.136. The molecule has 4 aliphatic rings. The van der Waals surface area contributed by atoms with Gasteiger partial charge in [-0.05, 0) is 37.1 Å². The van der Waals surface area contributed by atoms with Crippen LogP contribution in [0, 0.1) is 16.7 Å². The minimum atomic E-state index is -2.15. The first-order valence-corrected chi connectivity index (χ1v) is 14.7. The van der Waals surface area contributed by atoms with Gasteiger partial charge < -0.3 is 44.1 Å². The Kier molecular flexibility index (Phi) is 9.28. The Hall–Kier alpha value is -3.36. The van der Waals surface area contributed by atoms with Crippen molar-refractivity contribution in [3.8, 4) is 0 Å². The van der Waals surface area contributed by atoms with Crippen LogP contribution in [0.1, 0.15) is 57.8 Å². The van der Waals surface area contributed by atoms with Gasteiger partial charge >= 0.3 is 18.1 Å². The van der Waals surface area contributed by atoms with Gasteiger partial charge in [0.1, 0.15) is 17.8 Å². The molecule has 0 spiro atoms. The number of fused-ring (bicyclic) bond motifs is 5. The lowest BCUT2D eigenvalue weighted by atomic mass is 9.44. The van der Waals surface area contributed by atoms with Crippen molar-refractivity contribution >= 4 is 23.9 Å². The molecule has 3 aliphatic carbocycles. The van der Waals surface area contributed by atoms with Crippen LogP contribution in [0.25, 0.3) is 0 Å². The number of ketones is 1.